The zero-order chi connectivity index (χ0) is 28.9. The van der Waals surface area contributed by atoms with Gasteiger partial charge in [0.05, 0.1) is 35.5 Å². The van der Waals surface area contributed by atoms with Crippen LogP contribution in [0.25, 0.3) is 16.0 Å². The van der Waals surface area contributed by atoms with Gasteiger partial charge in [-0.15, -0.1) is 0 Å². The van der Waals surface area contributed by atoms with Crippen molar-refractivity contribution in [1.29, 1.82) is 0 Å². The lowest BCUT2D eigenvalue weighted by Gasteiger charge is -2.23. The van der Waals surface area contributed by atoms with Gasteiger partial charge < -0.3 is 19.3 Å². The molecule has 3 aromatic carbocycles. The van der Waals surface area contributed by atoms with Crippen molar-refractivity contribution in [2.75, 3.05) is 25.2 Å². The normalized spacial score (nSPS) is 16.2. The van der Waals surface area contributed by atoms with E-state index in [1.807, 2.05) is 6.07 Å². The van der Waals surface area contributed by atoms with Crippen molar-refractivity contribution in [2.45, 2.75) is 25.8 Å². The lowest BCUT2D eigenvalue weighted by Crippen LogP contribution is -2.29. The van der Waals surface area contributed by atoms with E-state index in [1.165, 1.54) is 16.2 Å². The molecule has 1 N–H and O–H groups in total. The summed E-state index contributed by atoms with van der Waals surface area (Å²) in [5.74, 6) is -0.0285. The molecule has 0 aliphatic carbocycles. The summed E-state index contributed by atoms with van der Waals surface area (Å²) in [4.78, 5) is 33.2. The number of ether oxygens (including phenoxy) is 3. The van der Waals surface area contributed by atoms with Crippen molar-refractivity contribution in [2.24, 2.45) is 0 Å². The van der Waals surface area contributed by atoms with Crippen molar-refractivity contribution < 1.29 is 28.9 Å². The Bertz CT molecular complexity index is 1620. The molecule has 210 valence electrons. The summed E-state index contributed by atoms with van der Waals surface area (Å²) in [6.45, 7) is 6.61. The molecule has 4 aromatic rings. The van der Waals surface area contributed by atoms with Crippen LogP contribution in [-0.4, -0.2) is 42.1 Å². The fourth-order valence-electron chi connectivity index (χ4n) is 4.59. The molecule has 8 nitrogen and oxygen atoms in total. The van der Waals surface area contributed by atoms with Crippen LogP contribution in [0.4, 0.5) is 5.13 Å². The van der Waals surface area contributed by atoms with Gasteiger partial charge in [0.2, 0.25) is 0 Å². The molecule has 1 aliphatic rings. The Morgan fingerprint density at radius 2 is 1.83 bits per heavy atom. The number of carbonyl (C=O) groups excluding carboxylic acids is 2. The third-order valence-corrected chi connectivity index (χ3v) is 7.69. The molecule has 0 saturated carbocycles. The number of amides is 1. The van der Waals surface area contributed by atoms with Crippen molar-refractivity contribution in [3.8, 4) is 17.2 Å². The van der Waals surface area contributed by atoms with E-state index in [1.54, 1.807) is 73.8 Å². The fourth-order valence-corrected chi connectivity index (χ4v) is 5.61. The van der Waals surface area contributed by atoms with Crippen LogP contribution in [0, 0.1) is 0 Å². The van der Waals surface area contributed by atoms with Crippen LogP contribution >= 0.6 is 11.3 Å². The average Bonchev–Trinajstić information content (AvgIpc) is 3.53. The Labute approximate surface area is 242 Å². The number of aliphatic hydroxyl groups excluding tert-OH is 1. The molecule has 5 rings (SSSR count). The van der Waals surface area contributed by atoms with Gasteiger partial charge in [-0.2, -0.15) is 0 Å². The fraction of sp³-hybridized carbons (Fsp3) is 0.219. The minimum absolute atomic E-state index is 0.0303. The predicted molar refractivity (Wildman–Crippen MR) is 160 cm³/mol. The number of aliphatic hydroxyl groups is 1. The summed E-state index contributed by atoms with van der Waals surface area (Å²) in [5.41, 5.74) is 1.62. The number of thiazole rings is 1. The number of rotatable bonds is 11. The number of ketones is 1. The third kappa shape index (κ3) is 5.67. The highest BCUT2D eigenvalue weighted by Crippen LogP contribution is 2.45. The topological polar surface area (TPSA) is 98.2 Å². The van der Waals surface area contributed by atoms with E-state index in [0.29, 0.717) is 52.2 Å². The standard InChI is InChI=1S/C32H30N2O6S/c1-4-6-17-40-24-9-7-8-21(18-24)29(35)27-28(20-10-12-22(13-11-20)39-16-5-2)34(31(37)30(27)36)32-33-25-15-14-23(38-3)19-26(25)41-32/h5,7-15,18-19,28,35H,2,4,6,16-17H2,1,3H3. The van der Waals surface area contributed by atoms with Gasteiger partial charge in [-0.1, -0.05) is 61.6 Å². The van der Waals surface area contributed by atoms with Gasteiger partial charge in [-0.3, -0.25) is 14.5 Å². The Morgan fingerprint density at radius 3 is 2.56 bits per heavy atom. The second-order valence-electron chi connectivity index (χ2n) is 9.40. The number of nitrogens with zero attached hydrogens (tertiary/aromatic N) is 2. The summed E-state index contributed by atoms with van der Waals surface area (Å²) in [6, 6.07) is 18.4. The smallest absolute Gasteiger partial charge is 0.301 e. The second-order valence-corrected chi connectivity index (χ2v) is 10.4. The Balaban J connectivity index is 1.62. The van der Waals surface area contributed by atoms with Crippen molar-refractivity contribution in [3.63, 3.8) is 0 Å². The zero-order valence-corrected chi connectivity index (χ0v) is 23.6. The molecule has 1 unspecified atom stereocenters. The molecule has 9 heteroatoms. The first-order chi connectivity index (χ1) is 19.9. The highest BCUT2D eigenvalue weighted by molar-refractivity contribution is 7.22. The van der Waals surface area contributed by atoms with Gasteiger partial charge in [-0.05, 0) is 54.4 Å². The third-order valence-electron chi connectivity index (χ3n) is 6.67. The maximum Gasteiger partial charge on any atom is 0.301 e. The second kappa shape index (κ2) is 12.3. The molecule has 0 spiro atoms. The largest absolute Gasteiger partial charge is 0.507 e. The summed E-state index contributed by atoms with van der Waals surface area (Å²) < 4.78 is 17.6. The summed E-state index contributed by atoms with van der Waals surface area (Å²) >= 11 is 1.27. The molecule has 0 bridgehead atoms. The van der Waals surface area contributed by atoms with Gasteiger partial charge >= 0.3 is 5.91 Å². The minimum atomic E-state index is -0.921. The highest BCUT2D eigenvalue weighted by atomic mass is 32.1. The monoisotopic (exact) mass is 570 g/mol. The van der Waals surface area contributed by atoms with Crippen LogP contribution in [0.1, 0.15) is 36.9 Å². The molecule has 1 aromatic heterocycles. The molecule has 1 saturated heterocycles. The minimum Gasteiger partial charge on any atom is -0.507 e. The van der Waals surface area contributed by atoms with E-state index in [4.69, 9.17) is 14.2 Å². The van der Waals surface area contributed by atoms with Crippen molar-refractivity contribution >= 4 is 44.1 Å². The van der Waals surface area contributed by atoms with E-state index >= 15 is 0 Å². The predicted octanol–water partition coefficient (Wildman–Crippen LogP) is 6.67. The van der Waals surface area contributed by atoms with Gasteiger partial charge in [0.25, 0.3) is 5.78 Å². The van der Waals surface area contributed by atoms with E-state index in [2.05, 4.69) is 18.5 Å². The number of hydrogen-bond acceptors (Lipinski definition) is 8. The molecule has 41 heavy (non-hydrogen) atoms. The zero-order valence-electron chi connectivity index (χ0n) is 22.8. The Kier molecular flexibility index (Phi) is 8.35. The molecule has 1 atom stereocenters. The van der Waals surface area contributed by atoms with E-state index in [9.17, 15) is 14.7 Å². The SMILES string of the molecule is C=CCOc1ccc(C2C(=C(O)c3cccc(OCCCC)c3)C(=O)C(=O)N2c2nc3ccc(OC)cc3s2)cc1. The summed E-state index contributed by atoms with van der Waals surface area (Å²) in [7, 11) is 1.58. The average molecular weight is 571 g/mol. The lowest BCUT2D eigenvalue weighted by molar-refractivity contribution is -0.132. The summed E-state index contributed by atoms with van der Waals surface area (Å²) in [6.07, 6.45) is 3.52. The number of anilines is 1. The van der Waals surface area contributed by atoms with Gasteiger partial charge in [0, 0.05) is 5.56 Å². The van der Waals surface area contributed by atoms with Crippen LogP contribution in [0.3, 0.4) is 0 Å². The molecule has 2 heterocycles. The van der Waals surface area contributed by atoms with Crippen LogP contribution in [0.5, 0.6) is 17.2 Å². The molecular formula is C32H30N2O6S. The van der Waals surface area contributed by atoms with E-state index < -0.39 is 17.7 Å². The first-order valence-corrected chi connectivity index (χ1v) is 14.1. The first kappa shape index (κ1) is 27.9. The van der Waals surface area contributed by atoms with Gasteiger partial charge in [0.1, 0.15) is 29.6 Å². The van der Waals surface area contributed by atoms with Crippen molar-refractivity contribution in [3.05, 3.63) is 96.1 Å². The molecule has 1 amide bonds. The highest BCUT2D eigenvalue weighted by Gasteiger charge is 2.48. The number of unbranched alkanes of at least 4 members (excludes halogenated alkanes) is 1. The first-order valence-electron chi connectivity index (χ1n) is 13.3. The van der Waals surface area contributed by atoms with E-state index in [0.717, 1.165) is 17.5 Å². The lowest BCUT2D eigenvalue weighted by atomic mass is 9.95. The number of fused-ring (bicyclic) bond motifs is 1. The van der Waals surface area contributed by atoms with Crippen LogP contribution in [0.2, 0.25) is 0 Å². The maximum atomic E-state index is 13.6. The molecule has 1 aliphatic heterocycles. The molecule has 1 fully saturated rings. The van der Waals surface area contributed by atoms with Crippen LogP contribution in [0.15, 0.2) is 85.0 Å². The number of aromatic nitrogens is 1. The number of benzene rings is 3. The maximum absolute atomic E-state index is 13.6. The van der Waals surface area contributed by atoms with Crippen LogP contribution in [-0.2, 0) is 9.59 Å². The molecular weight excluding hydrogens is 540 g/mol. The van der Waals surface area contributed by atoms with Crippen LogP contribution < -0.4 is 19.1 Å². The Hall–Kier alpha value is -4.63. The van der Waals surface area contributed by atoms with Gasteiger partial charge in [-0.25, -0.2) is 4.98 Å². The van der Waals surface area contributed by atoms with E-state index in [-0.39, 0.29) is 11.3 Å². The van der Waals surface area contributed by atoms with Gasteiger partial charge in [0.15, 0.2) is 5.13 Å². The molecule has 0 radical (unpaired) electrons. The van der Waals surface area contributed by atoms with Crippen molar-refractivity contribution in [1.82, 2.24) is 4.98 Å². The number of methoxy groups -OCH3 is 1. The summed E-state index contributed by atoms with van der Waals surface area (Å²) in [5, 5.41) is 11.9. The number of carbonyl (C=O) groups is 2. The number of Topliss-reactive ketones (excluding diaryl/α,β-unsaturated/α-hetero) is 1. The quantitative estimate of drug-likeness (QED) is 0.0707. The number of hydrogen-bond donors (Lipinski definition) is 1. The Morgan fingerprint density at radius 1 is 1.05 bits per heavy atom.